The van der Waals surface area contributed by atoms with Crippen LogP contribution in [0.2, 0.25) is 0 Å². The fraction of sp³-hybridized carbons (Fsp3) is 0.474. The molecule has 1 aliphatic carbocycles. The Hall–Kier alpha value is -3.76. The molecule has 9 heteroatoms. The molecule has 5 atom stereocenters. The summed E-state index contributed by atoms with van der Waals surface area (Å²) in [6.07, 6.45) is -0.00514. The van der Waals surface area contributed by atoms with Crippen molar-refractivity contribution in [2.45, 2.75) is 95.5 Å². The summed E-state index contributed by atoms with van der Waals surface area (Å²) in [5, 5.41) is 28.5. The number of ether oxygens (including phenoxy) is 3. The van der Waals surface area contributed by atoms with E-state index in [1.165, 1.54) is 0 Å². The van der Waals surface area contributed by atoms with E-state index in [0.29, 0.717) is 25.7 Å². The molecule has 0 aromatic heterocycles. The number of amides is 2. The lowest BCUT2D eigenvalue weighted by Gasteiger charge is -2.30. The number of aliphatic hydroxyl groups is 2. The predicted octanol–water partition coefficient (Wildman–Crippen LogP) is 5.06. The van der Waals surface area contributed by atoms with Gasteiger partial charge in [-0.25, -0.2) is 4.79 Å². The molecular weight excluding hydrogens is 596 g/mol. The summed E-state index contributed by atoms with van der Waals surface area (Å²) in [7, 11) is 3.24. The van der Waals surface area contributed by atoms with E-state index in [1.807, 2.05) is 78.9 Å². The van der Waals surface area contributed by atoms with Crippen molar-refractivity contribution in [1.82, 2.24) is 10.6 Å². The Morgan fingerprint density at radius 2 is 1.49 bits per heavy atom. The van der Waals surface area contributed by atoms with Gasteiger partial charge in [0.2, 0.25) is 5.91 Å². The third-order valence-electron chi connectivity index (χ3n) is 8.56. The Labute approximate surface area is 278 Å². The summed E-state index contributed by atoms with van der Waals surface area (Å²) in [5.74, 6) is -0.923. The van der Waals surface area contributed by atoms with Crippen LogP contribution in [0.3, 0.4) is 0 Å². The van der Waals surface area contributed by atoms with E-state index in [0.717, 1.165) is 34.2 Å². The van der Waals surface area contributed by atoms with Crippen LogP contribution >= 0.6 is 0 Å². The van der Waals surface area contributed by atoms with E-state index in [9.17, 15) is 19.8 Å². The topological polar surface area (TPSA) is 126 Å². The standard InChI is InChI=1S/C38H50N2O7/c1-38(2,3)47-37(44)39-31(22-26-11-7-6-8-12-26)32(41)24-29(21-27-17-15-25(16-18-27)19-20-34(45-4)46-5)36(43)40-35-30-14-10-9-13-28(30)23-33(35)42/h6-18,29,31-35,41-42H,19-24H2,1-5H3,(H,39,44)(H,40,43)/t29-,31-,32-,33+,35-/m0/s1. The highest BCUT2D eigenvalue weighted by atomic mass is 16.7. The van der Waals surface area contributed by atoms with Crippen LogP contribution in [0.15, 0.2) is 78.9 Å². The van der Waals surface area contributed by atoms with E-state index < -0.39 is 41.9 Å². The number of nitrogens with one attached hydrogen (secondary N) is 2. The number of carbonyl (C=O) groups excluding carboxylic acids is 2. The number of aliphatic hydroxyl groups excluding tert-OH is 2. The molecule has 254 valence electrons. The molecule has 0 bridgehead atoms. The Kier molecular flexibility index (Phi) is 13.0. The normalized spacial score (nSPS) is 17.9. The van der Waals surface area contributed by atoms with Crippen molar-refractivity contribution >= 4 is 12.0 Å². The fourth-order valence-corrected chi connectivity index (χ4v) is 6.11. The van der Waals surface area contributed by atoms with Crippen molar-refractivity contribution in [3.63, 3.8) is 0 Å². The Morgan fingerprint density at radius 3 is 2.15 bits per heavy atom. The maximum Gasteiger partial charge on any atom is 0.407 e. The summed E-state index contributed by atoms with van der Waals surface area (Å²) >= 11 is 0. The van der Waals surface area contributed by atoms with Crippen molar-refractivity contribution in [2.75, 3.05) is 14.2 Å². The van der Waals surface area contributed by atoms with Gasteiger partial charge in [-0.15, -0.1) is 0 Å². The molecule has 9 nitrogen and oxygen atoms in total. The van der Waals surface area contributed by atoms with Gasteiger partial charge in [-0.3, -0.25) is 4.79 Å². The fourth-order valence-electron chi connectivity index (χ4n) is 6.11. The Balaban J connectivity index is 1.55. The molecule has 3 aromatic carbocycles. The van der Waals surface area contributed by atoms with Crippen molar-refractivity contribution < 1.29 is 34.0 Å². The predicted molar refractivity (Wildman–Crippen MR) is 181 cm³/mol. The third kappa shape index (κ3) is 10.9. The molecular formula is C38H50N2O7. The minimum absolute atomic E-state index is 0.0781. The monoisotopic (exact) mass is 646 g/mol. The first kappa shape index (κ1) is 36.1. The van der Waals surface area contributed by atoms with Crippen LogP contribution in [0, 0.1) is 5.92 Å². The second-order valence-corrected chi connectivity index (χ2v) is 13.4. The van der Waals surface area contributed by atoms with Gasteiger partial charge in [0, 0.05) is 33.0 Å². The molecule has 0 aliphatic heterocycles. The van der Waals surface area contributed by atoms with Crippen molar-refractivity contribution in [3.8, 4) is 0 Å². The van der Waals surface area contributed by atoms with Crippen LogP contribution in [0.25, 0.3) is 0 Å². The van der Waals surface area contributed by atoms with Crippen molar-refractivity contribution in [3.05, 3.63) is 107 Å². The van der Waals surface area contributed by atoms with E-state index >= 15 is 0 Å². The molecule has 2 amide bonds. The number of rotatable bonds is 15. The lowest BCUT2D eigenvalue weighted by atomic mass is 9.88. The van der Waals surface area contributed by atoms with Gasteiger partial charge in [0.15, 0.2) is 6.29 Å². The molecule has 0 radical (unpaired) electrons. The molecule has 4 rings (SSSR count). The molecule has 0 heterocycles. The molecule has 1 aliphatic rings. The van der Waals surface area contributed by atoms with Gasteiger partial charge in [-0.1, -0.05) is 78.9 Å². The SMILES string of the molecule is COC(CCc1ccc(C[C@@H](C[C@H](O)[C@H](Cc2ccccc2)NC(=O)OC(C)(C)C)C(=O)N[C@H]2c3ccccc3C[C@H]2O)cc1)OC. The van der Waals surface area contributed by atoms with Crippen LogP contribution in [0.5, 0.6) is 0 Å². The molecule has 0 saturated heterocycles. The van der Waals surface area contributed by atoms with Gasteiger partial charge >= 0.3 is 6.09 Å². The molecule has 4 N–H and O–H groups in total. The first-order valence-corrected chi connectivity index (χ1v) is 16.4. The smallest absolute Gasteiger partial charge is 0.407 e. The van der Waals surface area contributed by atoms with Gasteiger partial charge in [0.1, 0.15) is 5.60 Å². The van der Waals surface area contributed by atoms with Gasteiger partial charge in [0.05, 0.1) is 24.3 Å². The average molecular weight is 647 g/mol. The zero-order valence-corrected chi connectivity index (χ0v) is 28.1. The summed E-state index contributed by atoms with van der Waals surface area (Å²) < 4.78 is 16.1. The molecule has 47 heavy (non-hydrogen) atoms. The number of fused-ring (bicyclic) bond motifs is 1. The number of benzene rings is 3. The highest BCUT2D eigenvalue weighted by Crippen LogP contribution is 2.32. The number of hydrogen-bond acceptors (Lipinski definition) is 7. The maximum absolute atomic E-state index is 14.0. The first-order chi connectivity index (χ1) is 22.5. The molecule has 0 saturated carbocycles. The first-order valence-electron chi connectivity index (χ1n) is 16.4. The highest BCUT2D eigenvalue weighted by Gasteiger charge is 2.35. The van der Waals surface area contributed by atoms with Crippen LogP contribution in [0.4, 0.5) is 4.79 Å². The molecule has 0 fully saturated rings. The number of alkyl carbamates (subject to hydrolysis) is 1. The summed E-state index contributed by atoms with van der Waals surface area (Å²) in [6.45, 7) is 5.35. The van der Waals surface area contributed by atoms with Crippen molar-refractivity contribution in [2.24, 2.45) is 5.92 Å². The highest BCUT2D eigenvalue weighted by molar-refractivity contribution is 5.80. The van der Waals surface area contributed by atoms with Gasteiger partial charge in [0.25, 0.3) is 0 Å². The quantitative estimate of drug-likeness (QED) is 0.170. The molecule has 0 unspecified atom stereocenters. The van der Waals surface area contributed by atoms with Crippen LogP contribution in [0.1, 0.15) is 67.5 Å². The van der Waals surface area contributed by atoms with Gasteiger partial charge in [-0.05, 0) is 74.3 Å². The third-order valence-corrected chi connectivity index (χ3v) is 8.56. The largest absolute Gasteiger partial charge is 0.444 e. The second kappa shape index (κ2) is 16.9. The van der Waals surface area contributed by atoms with E-state index in [-0.39, 0.29) is 18.6 Å². The molecule has 0 spiro atoms. The molecule has 3 aromatic rings. The minimum atomic E-state index is -1.07. The number of methoxy groups -OCH3 is 2. The van der Waals surface area contributed by atoms with Gasteiger partial charge < -0.3 is 35.1 Å². The number of hydrogen-bond donors (Lipinski definition) is 4. The van der Waals surface area contributed by atoms with E-state index in [1.54, 1.807) is 35.0 Å². The van der Waals surface area contributed by atoms with E-state index in [4.69, 9.17) is 14.2 Å². The summed E-state index contributed by atoms with van der Waals surface area (Å²) in [4.78, 5) is 26.9. The minimum Gasteiger partial charge on any atom is -0.444 e. The maximum atomic E-state index is 14.0. The average Bonchev–Trinajstić information content (AvgIpc) is 3.35. The lowest BCUT2D eigenvalue weighted by Crippen LogP contribution is -2.48. The summed E-state index contributed by atoms with van der Waals surface area (Å²) in [6, 6.07) is 24.1. The second-order valence-electron chi connectivity index (χ2n) is 13.4. The van der Waals surface area contributed by atoms with Crippen LogP contribution in [-0.2, 0) is 44.7 Å². The van der Waals surface area contributed by atoms with Crippen LogP contribution in [-0.4, -0.2) is 66.6 Å². The van der Waals surface area contributed by atoms with Crippen LogP contribution < -0.4 is 10.6 Å². The van der Waals surface area contributed by atoms with Gasteiger partial charge in [-0.2, -0.15) is 0 Å². The zero-order valence-electron chi connectivity index (χ0n) is 28.1. The zero-order chi connectivity index (χ0) is 34.0. The summed E-state index contributed by atoms with van der Waals surface area (Å²) in [5.41, 5.74) is 4.17. The Bertz CT molecular complexity index is 1420. The Morgan fingerprint density at radius 1 is 0.872 bits per heavy atom. The van der Waals surface area contributed by atoms with E-state index in [2.05, 4.69) is 10.6 Å². The lowest BCUT2D eigenvalue weighted by molar-refractivity contribution is -0.127. The van der Waals surface area contributed by atoms with Crippen molar-refractivity contribution in [1.29, 1.82) is 0 Å². The number of aryl methyl sites for hydroxylation is 1. The number of carbonyl (C=O) groups is 2.